The molecule has 0 aliphatic carbocycles. The van der Waals surface area contributed by atoms with Crippen molar-refractivity contribution in [2.24, 2.45) is 5.92 Å². The maximum Gasteiger partial charge on any atom is 0.303 e. The second kappa shape index (κ2) is 6.71. The second-order valence-electron chi connectivity index (χ2n) is 5.74. The minimum absolute atomic E-state index is 0.0258. The molecule has 0 bridgehead atoms. The predicted molar refractivity (Wildman–Crippen MR) is 80.5 cm³/mol. The lowest BCUT2D eigenvalue weighted by atomic mass is 9.93. The molecule has 1 saturated heterocycles. The molecule has 0 aromatic carbocycles. The number of likely N-dealkylation sites (tertiary alicyclic amines) is 1. The van der Waals surface area contributed by atoms with Crippen LogP contribution in [0.15, 0.2) is 21.6 Å². The van der Waals surface area contributed by atoms with Crippen LogP contribution in [-0.2, 0) is 14.8 Å². The van der Waals surface area contributed by atoms with E-state index in [1.165, 1.54) is 26.2 Å². The Balaban J connectivity index is 2.03. The van der Waals surface area contributed by atoms with Crippen LogP contribution in [0, 0.1) is 5.92 Å². The van der Waals surface area contributed by atoms with E-state index in [0.717, 1.165) is 4.31 Å². The van der Waals surface area contributed by atoms with E-state index in [4.69, 9.17) is 9.52 Å². The zero-order chi connectivity index (χ0) is 17.2. The van der Waals surface area contributed by atoms with Gasteiger partial charge in [-0.15, -0.1) is 0 Å². The number of aliphatic carboxylic acids is 1. The number of amides is 1. The number of rotatable bonds is 5. The van der Waals surface area contributed by atoms with Crippen LogP contribution in [0.25, 0.3) is 0 Å². The molecule has 1 aromatic rings. The van der Waals surface area contributed by atoms with E-state index >= 15 is 0 Å². The molecule has 0 saturated carbocycles. The number of hydrogen-bond donors (Lipinski definition) is 1. The van der Waals surface area contributed by atoms with Crippen LogP contribution in [0.5, 0.6) is 0 Å². The van der Waals surface area contributed by atoms with Crippen LogP contribution < -0.4 is 0 Å². The average Bonchev–Trinajstić information content (AvgIpc) is 2.97. The first-order valence-electron chi connectivity index (χ1n) is 7.25. The van der Waals surface area contributed by atoms with Gasteiger partial charge in [0.25, 0.3) is 15.9 Å². The number of carboxylic acid groups (broad SMARTS) is 1. The van der Waals surface area contributed by atoms with Gasteiger partial charge in [0.15, 0.2) is 5.76 Å². The van der Waals surface area contributed by atoms with Crippen molar-refractivity contribution in [3.8, 4) is 0 Å². The Labute approximate surface area is 134 Å². The van der Waals surface area contributed by atoms with E-state index in [1.807, 2.05) is 0 Å². The lowest BCUT2D eigenvalue weighted by Crippen LogP contribution is -2.38. The Morgan fingerprint density at radius 1 is 1.30 bits per heavy atom. The van der Waals surface area contributed by atoms with Crippen LogP contribution in [0.4, 0.5) is 0 Å². The molecule has 1 aliphatic rings. The summed E-state index contributed by atoms with van der Waals surface area (Å²) in [5.74, 6) is -1.17. The zero-order valence-electron chi connectivity index (χ0n) is 13.1. The van der Waals surface area contributed by atoms with Gasteiger partial charge in [-0.25, -0.2) is 12.7 Å². The molecule has 2 rings (SSSR count). The molecule has 0 radical (unpaired) electrons. The molecule has 0 unspecified atom stereocenters. The molecule has 1 fully saturated rings. The van der Waals surface area contributed by atoms with Gasteiger partial charge in [0.1, 0.15) is 0 Å². The Morgan fingerprint density at radius 2 is 1.91 bits per heavy atom. The highest BCUT2D eigenvalue weighted by atomic mass is 32.2. The normalized spacial score (nSPS) is 16.7. The quantitative estimate of drug-likeness (QED) is 0.848. The van der Waals surface area contributed by atoms with Gasteiger partial charge in [-0.05, 0) is 30.9 Å². The summed E-state index contributed by atoms with van der Waals surface area (Å²) in [7, 11) is -0.949. The molecule has 1 N–H and O–H groups in total. The van der Waals surface area contributed by atoms with E-state index in [0.29, 0.717) is 25.9 Å². The summed E-state index contributed by atoms with van der Waals surface area (Å²) < 4.78 is 30.1. The van der Waals surface area contributed by atoms with Crippen molar-refractivity contribution in [2.45, 2.75) is 24.4 Å². The average molecular weight is 344 g/mol. The smallest absolute Gasteiger partial charge is 0.303 e. The Kier molecular flexibility index (Phi) is 5.10. The summed E-state index contributed by atoms with van der Waals surface area (Å²) >= 11 is 0. The van der Waals surface area contributed by atoms with Gasteiger partial charge in [-0.2, -0.15) is 0 Å². The third-order valence-corrected chi connectivity index (χ3v) is 5.58. The van der Waals surface area contributed by atoms with E-state index in [-0.39, 0.29) is 29.1 Å². The lowest BCUT2D eigenvalue weighted by Gasteiger charge is -2.30. The molecular weight excluding hydrogens is 324 g/mol. The van der Waals surface area contributed by atoms with Crippen molar-refractivity contribution in [2.75, 3.05) is 27.2 Å². The zero-order valence-corrected chi connectivity index (χ0v) is 13.9. The van der Waals surface area contributed by atoms with Crippen LogP contribution >= 0.6 is 0 Å². The second-order valence-corrected chi connectivity index (χ2v) is 7.82. The molecule has 0 atom stereocenters. The molecular formula is C14H20N2O6S. The molecule has 9 heteroatoms. The Bertz CT molecular complexity index is 686. The monoisotopic (exact) mass is 344 g/mol. The van der Waals surface area contributed by atoms with Gasteiger partial charge in [-0.1, -0.05) is 0 Å². The number of nitrogens with zero attached hydrogens (tertiary/aromatic N) is 2. The van der Waals surface area contributed by atoms with Crippen molar-refractivity contribution in [3.05, 3.63) is 17.9 Å². The molecule has 128 valence electrons. The van der Waals surface area contributed by atoms with Crippen LogP contribution in [-0.4, -0.2) is 61.8 Å². The number of hydrogen-bond acceptors (Lipinski definition) is 5. The molecule has 1 amide bonds. The third kappa shape index (κ3) is 3.91. The van der Waals surface area contributed by atoms with Crippen molar-refractivity contribution in [1.29, 1.82) is 0 Å². The molecule has 23 heavy (non-hydrogen) atoms. The van der Waals surface area contributed by atoms with Gasteiger partial charge in [0.05, 0.1) is 0 Å². The summed E-state index contributed by atoms with van der Waals surface area (Å²) in [6, 6.07) is 2.61. The summed E-state index contributed by atoms with van der Waals surface area (Å²) in [6.07, 6.45) is 1.33. The number of sulfonamides is 1. The highest BCUT2D eigenvalue weighted by molar-refractivity contribution is 7.88. The number of carbonyl (C=O) groups excluding carboxylic acids is 1. The molecule has 8 nitrogen and oxygen atoms in total. The molecule has 1 aromatic heterocycles. The number of carbonyl (C=O) groups is 2. The molecule has 2 heterocycles. The van der Waals surface area contributed by atoms with Crippen molar-refractivity contribution >= 4 is 21.9 Å². The van der Waals surface area contributed by atoms with Crippen molar-refractivity contribution in [3.63, 3.8) is 0 Å². The summed E-state index contributed by atoms with van der Waals surface area (Å²) in [6.45, 7) is 0.875. The van der Waals surface area contributed by atoms with Gasteiger partial charge in [-0.3, -0.25) is 9.59 Å². The van der Waals surface area contributed by atoms with Gasteiger partial charge >= 0.3 is 5.97 Å². The summed E-state index contributed by atoms with van der Waals surface area (Å²) in [4.78, 5) is 24.6. The number of piperidine rings is 1. The van der Waals surface area contributed by atoms with E-state index < -0.39 is 16.0 Å². The van der Waals surface area contributed by atoms with Crippen molar-refractivity contribution in [1.82, 2.24) is 9.21 Å². The first-order valence-corrected chi connectivity index (χ1v) is 8.69. The van der Waals surface area contributed by atoms with Gasteiger partial charge in [0, 0.05) is 33.6 Å². The van der Waals surface area contributed by atoms with Crippen LogP contribution in [0.3, 0.4) is 0 Å². The lowest BCUT2D eigenvalue weighted by molar-refractivity contribution is -0.138. The van der Waals surface area contributed by atoms with Crippen LogP contribution in [0.2, 0.25) is 0 Å². The maximum atomic E-state index is 12.3. The van der Waals surface area contributed by atoms with Crippen LogP contribution in [0.1, 0.15) is 29.8 Å². The van der Waals surface area contributed by atoms with Gasteiger partial charge < -0.3 is 14.4 Å². The summed E-state index contributed by atoms with van der Waals surface area (Å²) in [5.41, 5.74) is 0. The molecule has 0 spiro atoms. The fraction of sp³-hybridized carbons (Fsp3) is 0.571. The Morgan fingerprint density at radius 3 is 2.43 bits per heavy atom. The van der Waals surface area contributed by atoms with Gasteiger partial charge in [0.2, 0.25) is 5.09 Å². The fourth-order valence-corrected chi connectivity index (χ4v) is 3.29. The first kappa shape index (κ1) is 17.5. The third-order valence-electron chi connectivity index (χ3n) is 3.89. The topological polar surface area (TPSA) is 108 Å². The molecule has 1 aliphatic heterocycles. The van der Waals surface area contributed by atoms with E-state index in [1.54, 1.807) is 4.90 Å². The largest absolute Gasteiger partial charge is 0.481 e. The minimum Gasteiger partial charge on any atom is -0.481 e. The standard InChI is InChI=1S/C14H20N2O6S/c1-15(2)23(20,21)13-4-3-11(22-13)14(19)16-7-5-10(6-8-16)9-12(17)18/h3-4,10H,5-9H2,1-2H3,(H,17,18). The number of carboxylic acids is 1. The summed E-state index contributed by atoms with van der Waals surface area (Å²) in [5, 5.41) is 8.51. The maximum absolute atomic E-state index is 12.3. The Hall–Kier alpha value is -1.87. The SMILES string of the molecule is CN(C)S(=O)(=O)c1ccc(C(=O)N2CCC(CC(=O)O)CC2)o1. The van der Waals surface area contributed by atoms with E-state index in [2.05, 4.69) is 0 Å². The predicted octanol–water partition coefficient (Wildman–Crippen LogP) is 0.857. The van der Waals surface area contributed by atoms with Crippen molar-refractivity contribution < 1.29 is 27.5 Å². The minimum atomic E-state index is -3.71. The highest BCUT2D eigenvalue weighted by Gasteiger charge is 2.28. The first-order chi connectivity index (χ1) is 10.7. The highest BCUT2D eigenvalue weighted by Crippen LogP contribution is 2.23. The fourth-order valence-electron chi connectivity index (χ4n) is 2.50. The number of furan rings is 1. The van der Waals surface area contributed by atoms with E-state index in [9.17, 15) is 18.0 Å².